The lowest BCUT2D eigenvalue weighted by Gasteiger charge is -2.39. The smallest absolute Gasteiger partial charge is 0.410 e. The molecule has 280 valence electrons. The fourth-order valence-electron chi connectivity index (χ4n) is 6.74. The Morgan fingerprint density at radius 1 is 1.18 bits per heavy atom. The lowest BCUT2D eigenvalue weighted by Crippen LogP contribution is -2.52. The van der Waals surface area contributed by atoms with E-state index in [9.17, 15) is 30.0 Å². The third-order valence-electron chi connectivity index (χ3n) is 9.92. The predicted octanol–water partition coefficient (Wildman–Crippen LogP) is 4.37. The van der Waals surface area contributed by atoms with Gasteiger partial charge in [-0.2, -0.15) is 0 Å². The van der Waals surface area contributed by atoms with Gasteiger partial charge in [-0.25, -0.2) is 4.79 Å². The number of cyclic esters (lactones) is 1. The molecule has 0 spiro atoms. The first-order valence-corrected chi connectivity index (χ1v) is 18.1. The van der Waals surface area contributed by atoms with E-state index in [0.717, 1.165) is 19.6 Å². The molecule has 0 aromatic rings. The summed E-state index contributed by atoms with van der Waals surface area (Å²) in [6.45, 7) is 20.9. The molecule has 3 rings (SSSR count). The molecule has 0 aromatic heterocycles. The van der Waals surface area contributed by atoms with Crippen LogP contribution in [0.5, 0.6) is 0 Å². The Balaban J connectivity index is 1.72. The van der Waals surface area contributed by atoms with Crippen LogP contribution in [0.4, 0.5) is 4.79 Å². The van der Waals surface area contributed by atoms with Crippen molar-refractivity contribution in [2.75, 3.05) is 32.7 Å². The minimum absolute atomic E-state index is 0.0123. The van der Waals surface area contributed by atoms with Crippen LogP contribution in [0, 0.1) is 17.3 Å². The number of ether oxygens (including phenoxy) is 3. The van der Waals surface area contributed by atoms with Gasteiger partial charge in [-0.3, -0.25) is 9.69 Å². The predicted molar refractivity (Wildman–Crippen MR) is 189 cm³/mol. The number of carbonyl (C=O) groups excluding carboxylic acids is 2. The summed E-state index contributed by atoms with van der Waals surface area (Å²) in [5, 5.41) is 43.3. The molecule has 10 unspecified atom stereocenters. The Bertz CT molecular complexity index is 1180. The number of esters is 1. The molecule has 2 saturated heterocycles. The topological polar surface area (TPSA) is 153 Å². The number of allylic oxidation sites excluding steroid dienone is 2. The molecule has 0 bridgehead atoms. The van der Waals surface area contributed by atoms with Gasteiger partial charge in [0.2, 0.25) is 0 Å². The van der Waals surface area contributed by atoms with Gasteiger partial charge in [-0.15, -0.1) is 0 Å². The second-order valence-electron chi connectivity index (χ2n) is 16.3. The molecule has 0 radical (unpaired) electrons. The highest BCUT2D eigenvalue weighted by Crippen LogP contribution is 2.37. The van der Waals surface area contributed by atoms with Crippen LogP contribution < -0.4 is 0 Å². The zero-order valence-electron chi connectivity index (χ0n) is 31.3. The van der Waals surface area contributed by atoms with Crippen molar-refractivity contribution in [3.8, 4) is 0 Å². The lowest BCUT2D eigenvalue weighted by atomic mass is 9.88. The Kier molecular flexibility index (Phi) is 14.5. The molecular weight excluding hydrogens is 628 g/mol. The first-order chi connectivity index (χ1) is 22.7. The number of nitrogens with zero attached hydrogens (tertiary/aromatic N) is 2. The van der Waals surface area contributed by atoms with Crippen molar-refractivity contribution in [3.63, 3.8) is 0 Å². The molecule has 0 aromatic carbocycles. The highest BCUT2D eigenvalue weighted by molar-refractivity contribution is 5.70. The minimum Gasteiger partial charge on any atom is -0.457 e. The zero-order valence-corrected chi connectivity index (χ0v) is 31.3. The van der Waals surface area contributed by atoms with Gasteiger partial charge in [0.1, 0.15) is 11.7 Å². The average Bonchev–Trinajstić information content (AvgIpc) is 3.76. The second-order valence-corrected chi connectivity index (χ2v) is 16.3. The van der Waals surface area contributed by atoms with Gasteiger partial charge >= 0.3 is 12.1 Å². The number of hydrogen-bond donors (Lipinski definition) is 4. The lowest BCUT2D eigenvalue weighted by molar-refractivity contribution is -0.151. The van der Waals surface area contributed by atoms with Crippen LogP contribution in [0.3, 0.4) is 0 Å². The summed E-state index contributed by atoms with van der Waals surface area (Å²) in [6, 6.07) is 0. The summed E-state index contributed by atoms with van der Waals surface area (Å²) < 4.78 is 17.6. The molecular formula is C38H64N2O9. The Labute approximate surface area is 294 Å². The zero-order chi connectivity index (χ0) is 36.7. The first-order valence-electron chi connectivity index (χ1n) is 18.1. The van der Waals surface area contributed by atoms with Gasteiger partial charge in [0.15, 0.2) is 6.10 Å². The summed E-state index contributed by atoms with van der Waals surface area (Å²) >= 11 is 0. The van der Waals surface area contributed by atoms with Crippen LogP contribution >= 0.6 is 0 Å². The maximum atomic E-state index is 13.3. The van der Waals surface area contributed by atoms with E-state index in [2.05, 4.69) is 25.7 Å². The van der Waals surface area contributed by atoms with Crippen molar-refractivity contribution in [3.05, 3.63) is 36.0 Å². The summed E-state index contributed by atoms with van der Waals surface area (Å²) in [5.74, 6) is -0.951. The third-order valence-corrected chi connectivity index (χ3v) is 9.92. The van der Waals surface area contributed by atoms with Crippen molar-refractivity contribution in [2.45, 2.75) is 142 Å². The van der Waals surface area contributed by atoms with Crippen molar-refractivity contribution in [2.24, 2.45) is 17.3 Å². The molecule has 3 aliphatic heterocycles. The van der Waals surface area contributed by atoms with E-state index in [1.54, 1.807) is 49.1 Å². The molecule has 0 saturated carbocycles. The standard InChI is InChI=1S/C38H64N2O9/c1-10-29(42)27(4)34-30(47-34)23-37(8,45)16-11-12-25(2)33-26(3)13-14-31(38(9,46)17-15-28(41)22-32(43)49-33)48-35(44)40-20-18-39(19-21-40)24-36(5,6)7/h11-14,16,26-31,33-34,41-42,45-46H,10,15,17-24H2,1-9H3/b14-13-,16-11+,25-12+. The monoisotopic (exact) mass is 692 g/mol. The summed E-state index contributed by atoms with van der Waals surface area (Å²) in [4.78, 5) is 30.2. The largest absolute Gasteiger partial charge is 0.457 e. The number of hydrogen-bond acceptors (Lipinski definition) is 10. The van der Waals surface area contributed by atoms with Gasteiger partial charge in [0.25, 0.3) is 0 Å². The Morgan fingerprint density at radius 3 is 2.45 bits per heavy atom. The molecule has 1 amide bonds. The number of piperazine rings is 1. The van der Waals surface area contributed by atoms with Gasteiger partial charge in [0.05, 0.1) is 36.4 Å². The van der Waals surface area contributed by atoms with Crippen LogP contribution in [-0.4, -0.2) is 123 Å². The van der Waals surface area contributed by atoms with Crippen molar-refractivity contribution in [1.82, 2.24) is 9.80 Å². The highest BCUT2D eigenvalue weighted by atomic mass is 16.6. The molecule has 11 nitrogen and oxygen atoms in total. The SMILES string of the molecule is CCC(O)C(C)C1OC1CC(C)(O)/C=C/C=C(\C)C1OC(=O)CC(O)CCC(C)(O)C(OC(=O)N2CCN(CC(C)(C)C)CC2)/C=C\C1C. The molecule has 0 aliphatic carbocycles. The molecule has 4 N–H and O–H groups in total. The van der Waals surface area contributed by atoms with E-state index in [0.29, 0.717) is 31.5 Å². The van der Waals surface area contributed by atoms with Crippen molar-refractivity contribution < 1.29 is 44.2 Å². The number of aliphatic hydroxyl groups excluding tert-OH is 2. The third kappa shape index (κ3) is 13.1. The van der Waals surface area contributed by atoms with E-state index in [1.165, 1.54) is 0 Å². The maximum absolute atomic E-state index is 13.3. The number of amides is 1. The highest BCUT2D eigenvalue weighted by Gasteiger charge is 2.47. The average molecular weight is 693 g/mol. The summed E-state index contributed by atoms with van der Waals surface area (Å²) in [6.07, 6.45) is 5.72. The van der Waals surface area contributed by atoms with E-state index in [-0.39, 0.29) is 48.7 Å². The molecule has 3 heterocycles. The van der Waals surface area contributed by atoms with Crippen molar-refractivity contribution >= 4 is 12.1 Å². The van der Waals surface area contributed by atoms with Gasteiger partial charge in [-0.05, 0) is 57.1 Å². The first kappa shape index (κ1) is 41.1. The summed E-state index contributed by atoms with van der Waals surface area (Å²) in [7, 11) is 0. The van der Waals surface area contributed by atoms with Crippen LogP contribution in [0.15, 0.2) is 36.0 Å². The maximum Gasteiger partial charge on any atom is 0.410 e. The van der Waals surface area contributed by atoms with Gasteiger partial charge in [0, 0.05) is 51.0 Å². The number of rotatable bonds is 10. The second kappa shape index (κ2) is 17.3. The fraction of sp³-hybridized carbons (Fsp3) is 0.789. The molecule has 10 atom stereocenters. The normalized spacial score (nSPS) is 34.3. The van der Waals surface area contributed by atoms with Crippen LogP contribution in [0.25, 0.3) is 0 Å². The molecule has 49 heavy (non-hydrogen) atoms. The van der Waals surface area contributed by atoms with Crippen LogP contribution in [0.1, 0.15) is 94.4 Å². The molecule has 3 aliphatic rings. The Morgan fingerprint density at radius 2 is 1.84 bits per heavy atom. The van der Waals surface area contributed by atoms with Gasteiger partial charge < -0.3 is 39.5 Å². The number of aliphatic hydroxyl groups is 4. The molecule has 11 heteroatoms. The van der Waals surface area contributed by atoms with E-state index < -0.39 is 47.7 Å². The van der Waals surface area contributed by atoms with E-state index >= 15 is 0 Å². The molecule has 2 fully saturated rings. The van der Waals surface area contributed by atoms with Crippen molar-refractivity contribution in [1.29, 1.82) is 0 Å². The quantitative estimate of drug-likeness (QED) is 0.112. The van der Waals surface area contributed by atoms with E-state index in [4.69, 9.17) is 14.2 Å². The Hall–Kier alpha value is -2.28. The minimum atomic E-state index is -1.49. The van der Waals surface area contributed by atoms with Crippen LogP contribution in [-0.2, 0) is 19.0 Å². The summed E-state index contributed by atoms with van der Waals surface area (Å²) in [5.41, 5.74) is -1.79. The fourth-order valence-corrected chi connectivity index (χ4v) is 6.74. The number of epoxide rings is 1. The van der Waals surface area contributed by atoms with Crippen LogP contribution in [0.2, 0.25) is 0 Å². The van der Waals surface area contributed by atoms with Gasteiger partial charge in [-0.1, -0.05) is 65.8 Å². The van der Waals surface area contributed by atoms with E-state index in [1.807, 2.05) is 27.7 Å². The number of carbonyl (C=O) groups is 2.